The minimum atomic E-state index is -0.890. The van der Waals surface area contributed by atoms with E-state index in [1.807, 2.05) is 30.3 Å². The van der Waals surface area contributed by atoms with Crippen LogP contribution in [0.2, 0.25) is 0 Å². The van der Waals surface area contributed by atoms with Crippen molar-refractivity contribution in [3.63, 3.8) is 0 Å². The number of nitrogens with zero attached hydrogens (tertiary/aromatic N) is 1. The molecule has 2 rings (SSSR count). The highest BCUT2D eigenvalue weighted by atomic mass is 32.2. The summed E-state index contributed by atoms with van der Waals surface area (Å²) in [6, 6.07) is 8.85. The molecule has 0 aliphatic carbocycles. The normalized spacial score (nSPS) is 22.9. The third kappa shape index (κ3) is 3.13. The van der Waals surface area contributed by atoms with Crippen molar-refractivity contribution in [3.05, 3.63) is 35.9 Å². The molecule has 0 saturated carbocycles. The maximum Gasteiger partial charge on any atom is 0.319 e. The molecule has 0 bridgehead atoms. The van der Waals surface area contributed by atoms with Crippen molar-refractivity contribution < 1.29 is 19.4 Å². The van der Waals surface area contributed by atoms with Crippen LogP contribution in [0, 0.1) is 0 Å². The van der Waals surface area contributed by atoms with Gasteiger partial charge in [-0.1, -0.05) is 30.3 Å². The lowest BCUT2D eigenvalue weighted by atomic mass is 10.0. The monoisotopic (exact) mass is 295 g/mol. The van der Waals surface area contributed by atoms with Crippen LogP contribution < -0.4 is 0 Å². The minimum absolute atomic E-state index is 0.0431. The molecule has 1 aromatic rings. The van der Waals surface area contributed by atoms with Gasteiger partial charge in [-0.15, -0.1) is 11.8 Å². The molecule has 0 radical (unpaired) electrons. The average molecular weight is 295 g/mol. The number of ether oxygens (including phenoxy) is 1. The van der Waals surface area contributed by atoms with Crippen molar-refractivity contribution in [1.29, 1.82) is 0 Å². The van der Waals surface area contributed by atoms with E-state index >= 15 is 0 Å². The van der Waals surface area contributed by atoms with Gasteiger partial charge in [-0.05, 0) is 5.56 Å². The third-order valence-electron chi connectivity index (χ3n) is 3.25. The molecule has 1 fully saturated rings. The smallest absolute Gasteiger partial charge is 0.319 e. The lowest BCUT2D eigenvalue weighted by Crippen LogP contribution is -2.48. The zero-order chi connectivity index (χ0) is 14.5. The lowest BCUT2D eigenvalue weighted by molar-refractivity contribution is -0.140. The number of benzene rings is 1. The fraction of sp³-hybridized carbons (Fsp3) is 0.429. The van der Waals surface area contributed by atoms with Gasteiger partial charge in [0.25, 0.3) is 0 Å². The number of aliphatic carboxylic acids is 1. The Morgan fingerprint density at radius 2 is 2.15 bits per heavy atom. The molecule has 0 aromatic heterocycles. The Labute approximate surface area is 121 Å². The molecule has 1 saturated heterocycles. The second kappa shape index (κ2) is 6.76. The Balaban J connectivity index is 2.33. The van der Waals surface area contributed by atoms with Crippen LogP contribution in [-0.2, 0) is 14.3 Å². The Morgan fingerprint density at radius 1 is 1.45 bits per heavy atom. The van der Waals surface area contributed by atoms with Gasteiger partial charge >= 0.3 is 5.97 Å². The maximum atomic E-state index is 12.1. The second-order valence-corrected chi connectivity index (χ2v) is 5.64. The van der Waals surface area contributed by atoms with Gasteiger partial charge in [0, 0.05) is 13.7 Å². The van der Waals surface area contributed by atoms with Gasteiger partial charge in [0.05, 0.1) is 18.4 Å². The van der Waals surface area contributed by atoms with Crippen molar-refractivity contribution in [3.8, 4) is 0 Å². The lowest BCUT2D eigenvalue weighted by Gasteiger charge is -2.39. The van der Waals surface area contributed by atoms with E-state index in [4.69, 9.17) is 4.74 Å². The standard InChI is InChI=1S/C14H17NO4S/c1-19-8-7-15-11(16)9-20-13(14(17)18)12(15)10-5-3-2-4-6-10/h2-6,12-13H,7-9H2,1H3,(H,17,18). The van der Waals surface area contributed by atoms with E-state index in [1.165, 1.54) is 11.8 Å². The molecule has 1 aliphatic rings. The molecule has 5 nitrogen and oxygen atoms in total. The molecule has 2 unspecified atom stereocenters. The van der Waals surface area contributed by atoms with E-state index in [-0.39, 0.29) is 11.7 Å². The molecule has 1 aliphatic heterocycles. The van der Waals surface area contributed by atoms with Gasteiger partial charge in [0.1, 0.15) is 5.25 Å². The summed E-state index contributed by atoms with van der Waals surface area (Å²) in [7, 11) is 1.56. The van der Waals surface area contributed by atoms with Crippen molar-refractivity contribution in [2.24, 2.45) is 0 Å². The first-order valence-electron chi connectivity index (χ1n) is 6.33. The number of amides is 1. The highest BCUT2D eigenvalue weighted by molar-refractivity contribution is 8.01. The topological polar surface area (TPSA) is 66.8 Å². The van der Waals surface area contributed by atoms with E-state index < -0.39 is 17.3 Å². The number of carboxylic acids is 1. The quantitative estimate of drug-likeness (QED) is 0.889. The Kier molecular flexibility index (Phi) is 5.03. The largest absolute Gasteiger partial charge is 0.480 e. The van der Waals surface area contributed by atoms with Crippen molar-refractivity contribution in [1.82, 2.24) is 4.90 Å². The zero-order valence-corrected chi connectivity index (χ0v) is 12.0. The van der Waals surface area contributed by atoms with Crippen LogP contribution in [0.5, 0.6) is 0 Å². The van der Waals surface area contributed by atoms with Gasteiger partial charge < -0.3 is 14.7 Å². The van der Waals surface area contributed by atoms with E-state index in [2.05, 4.69) is 0 Å². The molecule has 1 aromatic carbocycles. The summed E-state index contributed by atoms with van der Waals surface area (Å²) in [6.07, 6.45) is 0. The number of carboxylic acid groups (broad SMARTS) is 1. The molecule has 1 amide bonds. The summed E-state index contributed by atoms with van der Waals surface area (Å²) in [5, 5.41) is 8.76. The van der Waals surface area contributed by atoms with Crippen LogP contribution in [0.4, 0.5) is 0 Å². The minimum Gasteiger partial charge on any atom is -0.480 e. The van der Waals surface area contributed by atoms with Crippen LogP contribution >= 0.6 is 11.8 Å². The summed E-state index contributed by atoms with van der Waals surface area (Å²) in [4.78, 5) is 25.2. The zero-order valence-electron chi connectivity index (χ0n) is 11.2. The van der Waals surface area contributed by atoms with Crippen LogP contribution in [-0.4, -0.2) is 53.1 Å². The van der Waals surface area contributed by atoms with Gasteiger partial charge in [-0.25, -0.2) is 0 Å². The SMILES string of the molecule is COCCN1C(=O)CSC(C(=O)O)C1c1ccccc1. The fourth-order valence-electron chi connectivity index (χ4n) is 2.32. The summed E-state index contributed by atoms with van der Waals surface area (Å²) in [6.45, 7) is 0.797. The van der Waals surface area contributed by atoms with Crippen LogP contribution in [0.25, 0.3) is 0 Å². The molecule has 1 heterocycles. The first-order chi connectivity index (χ1) is 9.65. The van der Waals surface area contributed by atoms with Crippen LogP contribution in [0.15, 0.2) is 30.3 Å². The van der Waals surface area contributed by atoms with Crippen LogP contribution in [0.3, 0.4) is 0 Å². The van der Waals surface area contributed by atoms with Gasteiger partial charge in [0.15, 0.2) is 0 Å². The first kappa shape index (κ1) is 14.9. The summed E-state index contributed by atoms with van der Waals surface area (Å²) < 4.78 is 5.02. The molecular weight excluding hydrogens is 278 g/mol. The molecule has 2 atom stereocenters. The number of rotatable bonds is 5. The Bertz CT molecular complexity index is 479. The van der Waals surface area contributed by atoms with Crippen molar-refractivity contribution >= 4 is 23.6 Å². The van der Waals surface area contributed by atoms with Gasteiger partial charge in [-0.2, -0.15) is 0 Å². The van der Waals surface area contributed by atoms with Gasteiger partial charge in [0.2, 0.25) is 5.91 Å². The molecule has 0 spiro atoms. The molecule has 108 valence electrons. The van der Waals surface area contributed by atoms with E-state index in [0.717, 1.165) is 5.56 Å². The fourth-order valence-corrected chi connectivity index (χ4v) is 3.44. The number of carbonyl (C=O) groups excluding carboxylic acids is 1. The second-order valence-electron chi connectivity index (χ2n) is 4.51. The molecule has 20 heavy (non-hydrogen) atoms. The van der Waals surface area contributed by atoms with E-state index in [0.29, 0.717) is 13.2 Å². The van der Waals surface area contributed by atoms with Crippen molar-refractivity contribution in [2.75, 3.05) is 26.0 Å². The van der Waals surface area contributed by atoms with Gasteiger partial charge in [-0.3, -0.25) is 9.59 Å². The number of carbonyl (C=O) groups is 2. The Hall–Kier alpha value is -1.53. The summed E-state index contributed by atoms with van der Waals surface area (Å²) >= 11 is 1.19. The Morgan fingerprint density at radius 3 is 2.75 bits per heavy atom. The predicted octanol–water partition coefficient (Wildman–Crippen LogP) is 1.40. The number of hydrogen-bond donors (Lipinski definition) is 1. The highest BCUT2D eigenvalue weighted by Gasteiger charge is 2.41. The molecule has 6 heteroatoms. The van der Waals surface area contributed by atoms with Crippen molar-refractivity contribution in [2.45, 2.75) is 11.3 Å². The number of hydrogen-bond acceptors (Lipinski definition) is 4. The molecular formula is C14H17NO4S. The number of methoxy groups -OCH3 is 1. The summed E-state index contributed by atoms with van der Waals surface area (Å²) in [5.41, 5.74) is 0.844. The predicted molar refractivity (Wildman–Crippen MR) is 76.7 cm³/mol. The van der Waals surface area contributed by atoms with Crippen LogP contribution in [0.1, 0.15) is 11.6 Å². The highest BCUT2D eigenvalue weighted by Crippen LogP contribution is 2.36. The maximum absolute atomic E-state index is 12.1. The summed E-state index contributed by atoms with van der Waals surface area (Å²) in [5.74, 6) is -0.735. The average Bonchev–Trinajstić information content (AvgIpc) is 2.46. The first-order valence-corrected chi connectivity index (χ1v) is 7.37. The van der Waals surface area contributed by atoms with E-state index in [9.17, 15) is 14.7 Å². The number of thioether (sulfide) groups is 1. The van der Waals surface area contributed by atoms with E-state index in [1.54, 1.807) is 12.0 Å². The third-order valence-corrected chi connectivity index (χ3v) is 4.48. The molecule has 1 N–H and O–H groups in total.